The van der Waals surface area contributed by atoms with Crippen molar-refractivity contribution in [1.82, 2.24) is 19.8 Å². The second kappa shape index (κ2) is 10.7. The Bertz CT molecular complexity index is 1460. The number of aromatic nitrogens is 2. The molecule has 0 bridgehead atoms. The maximum Gasteiger partial charge on any atom is 0.331 e. The zero-order valence-electron chi connectivity index (χ0n) is 20.6. The summed E-state index contributed by atoms with van der Waals surface area (Å²) in [5.74, 6) is -0.479. The van der Waals surface area contributed by atoms with Crippen molar-refractivity contribution < 1.29 is 9.59 Å². The summed E-state index contributed by atoms with van der Waals surface area (Å²) in [7, 11) is 0. The molecule has 1 aliphatic heterocycles. The monoisotopic (exact) mass is 495 g/mol. The Morgan fingerprint density at radius 1 is 0.946 bits per heavy atom. The number of piperazine rings is 1. The number of carbonyl (C=O) groups excluding carboxylic acids is 2. The molecule has 0 radical (unpaired) electrons. The number of H-pyrrole nitrogens is 1. The van der Waals surface area contributed by atoms with E-state index in [0.29, 0.717) is 43.1 Å². The third-order valence-corrected chi connectivity index (χ3v) is 6.54. The van der Waals surface area contributed by atoms with E-state index in [9.17, 15) is 14.4 Å². The molecule has 1 saturated heterocycles. The van der Waals surface area contributed by atoms with Crippen molar-refractivity contribution in [3.63, 3.8) is 0 Å². The van der Waals surface area contributed by atoms with Crippen molar-refractivity contribution >= 4 is 17.5 Å². The topological polar surface area (TPSA) is 99.2 Å². The Balaban J connectivity index is 1.62. The fourth-order valence-corrected chi connectivity index (χ4v) is 4.89. The molecule has 0 saturated carbocycles. The van der Waals surface area contributed by atoms with Crippen LogP contribution in [-0.2, 0) is 11.2 Å². The number of hydrogen-bond donors (Lipinski definition) is 3. The molecule has 188 valence electrons. The van der Waals surface area contributed by atoms with E-state index < -0.39 is 5.69 Å². The summed E-state index contributed by atoms with van der Waals surface area (Å²) in [5, 5.41) is 6.19. The van der Waals surface area contributed by atoms with Crippen LogP contribution < -0.4 is 16.3 Å². The summed E-state index contributed by atoms with van der Waals surface area (Å²) in [5.41, 5.74) is 3.08. The van der Waals surface area contributed by atoms with E-state index in [4.69, 9.17) is 0 Å². The third-order valence-electron chi connectivity index (χ3n) is 6.54. The van der Waals surface area contributed by atoms with Gasteiger partial charge in [-0.2, -0.15) is 0 Å². The van der Waals surface area contributed by atoms with Gasteiger partial charge in [0.2, 0.25) is 5.91 Å². The van der Waals surface area contributed by atoms with Crippen LogP contribution in [-0.4, -0.2) is 51.9 Å². The predicted octanol–water partition coefficient (Wildman–Crippen LogP) is 3.45. The molecule has 3 N–H and O–H groups in total. The highest BCUT2D eigenvalue weighted by molar-refractivity contribution is 5.99. The zero-order valence-corrected chi connectivity index (χ0v) is 20.6. The van der Waals surface area contributed by atoms with Crippen LogP contribution in [0.25, 0.3) is 16.9 Å². The van der Waals surface area contributed by atoms with Gasteiger partial charge in [-0.25, -0.2) is 4.79 Å². The van der Waals surface area contributed by atoms with Crippen LogP contribution >= 0.6 is 0 Å². The first-order valence-electron chi connectivity index (χ1n) is 12.4. The number of imidazole rings is 1. The SMILES string of the molecule is CC(=O)Nc1ccccc1-n1c(-c2ccccc2)c(C(=O)N2CCNC[C@H]2Cc2ccccc2)[nH]c1=O. The summed E-state index contributed by atoms with van der Waals surface area (Å²) >= 11 is 0. The fraction of sp³-hybridized carbons (Fsp3) is 0.207. The lowest BCUT2D eigenvalue weighted by Crippen LogP contribution is -2.54. The van der Waals surface area contributed by atoms with Crippen LogP contribution in [0, 0.1) is 0 Å². The van der Waals surface area contributed by atoms with Gasteiger partial charge in [0.1, 0.15) is 5.69 Å². The summed E-state index contributed by atoms with van der Waals surface area (Å²) in [4.78, 5) is 44.1. The van der Waals surface area contributed by atoms with Gasteiger partial charge in [0.15, 0.2) is 0 Å². The normalized spacial score (nSPS) is 15.4. The van der Waals surface area contributed by atoms with Crippen molar-refractivity contribution in [2.45, 2.75) is 19.4 Å². The maximum absolute atomic E-state index is 14.1. The largest absolute Gasteiger partial charge is 0.331 e. The molecule has 2 heterocycles. The van der Waals surface area contributed by atoms with Gasteiger partial charge >= 0.3 is 5.69 Å². The van der Waals surface area contributed by atoms with Crippen molar-refractivity contribution in [1.29, 1.82) is 0 Å². The van der Waals surface area contributed by atoms with Gasteiger partial charge in [-0.1, -0.05) is 72.8 Å². The first-order chi connectivity index (χ1) is 18.0. The lowest BCUT2D eigenvalue weighted by atomic mass is 10.0. The average molecular weight is 496 g/mol. The molecule has 5 rings (SSSR count). The number of aromatic amines is 1. The number of carbonyl (C=O) groups is 2. The van der Waals surface area contributed by atoms with Gasteiger partial charge in [-0.3, -0.25) is 14.2 Å². The third kappa shape index (κ3) is 5.10. The second-order valence-electron chi connectivity index (χ2n) is 9.10. The summed E-state index contributed by atoms with van der Waals surface area (Å²) in [6.45, 7) is 3.28. The standard InChI is InChI=1S/C29H29N5O3/c1-20(35)31-24-14-8-9-15-25(24)34-27(22-12-6-3-7-13-22)26(32-29(34)37)28(36)33-17-16-30-19-23(33)18-21-10-4-2-5-11-21/h2-15,23,30H,16-19H2,1H3,(H,31,35)(H,32,37)/t23-/m1/s1. The molecule has 1 aliphatic rings. The van der Waals surface area contributed by atoms with E-state index in [0.717, 1.165) is 11.1 Å². The molecule has 2 amide bonds. The number of para-hydroxylation sites is 2. The molecule has 8 nitrogen and oxygen atoms in total. The molecule has 8 heteroatoms. The lowest BCUT2D eigenvalue weighted by Gasteiger charge is -2.36. The Morgan fingerprint density at radius 3 is 2.35 bits per heavy atom. The highest BCUT2D eigenvalue weighted by atomic mass is 16.2. The van der Waals surface area contributed by atoms with E-state index in [1.54, 1.807) is 24.3 Å². The van der Waals surface area contributed by atoms with Crippen LogP contribution in [0.3, 0.4) is 0 Å². The molecule has 37 heavy (non-hydrogen) atoms. The minimum Gasteiger partial charge on any atom is -0.331 e. The van der Waals surface area contributed by atoms with Crippen LogP contribution in [0.2, 0.25) is 0 Å². The summed E-state index contributed by atoms with van der Waals surface area (Å²) in [6, 6.07) is 26.5. The van der Waals surface area contributed by atoms with Crippen molar-refractivity contribution in [3.05, 3.63) is 107 Å². The predicted molar refractivity (Wildman–Crippen MR) is 144 cm³/mol. The number of benzene rings is 3. The number of amides is 2. The van der Waals surface area contributed by atoms with Crippen LogP contribution in [0.15, 0.2) is 89.7 Å². The number of hydrogen-bond acceptors (Lipinski definition) is 4. The molecule has 3 aromatic carbocycles. The van der Waals surface area contributed by atoms with E-state index in [1.165, 1.54) is 11.5 Å². The van der Waals surface area contributed by atoms with Crippen LogP contribution in [0.5, 0.6) is 0 Å². The van der Waals surface area contributed by atoms with Crippen LogP contribution in [0.4, 0.5) is 5.69 Å². The molecule has 0 unspecified atom stereocenters. The van der Waals surface area contributed by atoms with Crippen molar-refractivity contribution in [2.24, 2.45) is 0 Å². The first kappa shape index (κ1) is 24.3. The second-order valence-corrected chi connectivity index (χ2v) is 9.10. The molecule has 0 spiro atoms. The molecule has 0 aliphatic carbocycles. The van der Waals surface area contributed by atoms with Gasteiger partial charge in [-0.15, -0.1) is 0 Å². The van der Waals surface area contributed by atoms with Gasteiger partial charge in [0.05, 0.1) is 17.1 Å². The molecule has 1 fully saturated rings. The molecular formula is C29H29N5O3. The molecular weight excluding hydrogens is 466 g/mol. The van der Waals surface area contributed by atoms with Crippen LogP contribution in [0.1, 0.15) is 23.0 Å². The van der Waals surface area contributed by atoms with Crippen molar-refractivity contribution in [2.75, 3.05) is 25.0 Å². The minimum atomic E-state index is -0.449. The molecule has 4 aromatic rings. The fourth-order valence-electron chi connectivity index (χ4n) is 4.89. The Morgan fingerprint density at radius 2 is 1.62 bits per heavy atom. The number of anilines is 1. The van der Waals surface area contributed by atoms with E-state index in [1.807, 2.05) is 53.4 Å². The highest BCUT2D eigenvalue weighted by Gasteiger charge is 2.32. The van der Waals surface area contributed by atoms with E-state index in [-0.39, 0.29) is 23.6 Å². The van der Waals surface area contributed by atoms with Gasteiger partial charge in [0.25, 0.3) is 5.91 Å². The number of rotatable bonds is 6. The Hall–Kier alpha value is -4.43. The quantitative estimate of drug-likeness (QED) is 0.382. The summed E-state index contributed by atoms with van der Waals surface area (Å²) in [6.07, 6.45) is 0.705. The van der Waals surface area contributed by atoms with Crippen molar-refractivity contribution in [3.8, 4) is 16.9 Å². The first-order valence-corrected chi connectivity index (χ1v) is 12.4. The zero-order chi connectivity index (χ0) is 25.8. The number of nitrogens with zero attached hydrogens (tertiary/aromatic N) is 2. The lowest BCUT2D eigenvalue weighted by molar-refractivity contribution is -0.114. The smallest absolute Gasteiger partial charge is 0.331 e. The van der Waals surface area contributed by atoms with Gasteiger partial charge < -0.3 is 20.5 Å². The minimum absolute atomic E-state index is 0.0641. The average Bonchev–Trinajstić information content (AvgIpc) is 3.26. The Labute approximate surface area is 214 Å². The van der Waals surface area contributed by atoms with E-state index in [2.05, 4.69) is 27.8 Å². The maximum atomic E-state index is 14.1. The Kier molecular flexibility index (Phi) is 7.00. The van der Waals surface area contributed by atoms with Gasteiger partial charge in [-0.05, 0) is 24.1 Å². The van der Waals surface area contributed by atoms with E-state index >= 15 is 0 Å². The molecule has 1 atom stereocenters. The summed E-state index contributed by atoms with van der Waals surface area (Å²) < 4.78 is 1.47. The number of nitrogens with one attached hydrogen (secondary N) is 3. The van der Waals surface area contributed by atoms with Gasteiger partial charge in [0, 0.05) is 38.2 Å². The highest BCUT2D eigenvalue weighted by Crippen LogP contribution is 2.29. The molecule has 1 aromatic heterocycles.